The SMILES string of the molecule is Cc1ccc(F)cc1OCC(N)CO. The van der Waals surface area contributed by atoms with Gasteiger partial charge < -0.3 is 15.6 Å². The van der Waals surface area contributed by atoms with Crippen LogP contribution < -0.4 is 10.5 Å². The van der Waals surface area contributed by atoms with Gasteiger partial charge in [-0.25, -0.2) is 4.39 Å². The second kappa shape index (κ2) is 4.93. The van der Waals surface area contributed by atoms with Gasteiger partial charge in [0.15, 0.2) is 0 Å². The Bertz CT molecular complexity index is 304. The van der Waals surface area contributed by atoms with Crippen LogP contribution in [-0.4, -0.2) is 24.4 Å². The van der Waals surface area contributed by atoms with Crippen molar-refractivity contribution in [2.45, 2.75) is 13.0 Å². The number of hydrogen-bond acceptors (Lipinski definition) is 3. The van der Waals surface area contributed by atoms with Crippen molar-refractivity contribution in [1.82, 2.24) is 0 Å². The van der Waals surface area contributed by atoms with E-state index in [0.29, 0.717) is 5.75 Å². The number of aliphatic hydroxyl groups excluding tert-OH is 1. The molecule has 1 unspecified atom stereocenters. The predicted molar refractivity (Wildman–Crippen MR) is 51.7 cm³/mol. The molecule has 1 aromatic carbocycles. The van der Waals surface area contributed by atoms with Crippen molar-refractivity contribution in [3.05, 3.63) is 29.6 Å². The smallest absolute Gasteiger partial charge is 0.126 e. The molecule has 0 saturated carbocycles. The van der Waals surface area contributed by atoms with Crippen molar-refractivity contribution in [2.24, 2.45) is 5.73 Å². The van der Waals surface area contributed by atoms with Crippen LogP contribution in [0.5, 0.6) is 5.75 Å². The van der Waals surface area contributed by atoms with E-state index in [4.69, 9.17) is 15.6 Å². The predicted octanol–water partition coefficient (Wildman–Crippen LogP) is 0.833. The summed E-state index contributed by atoms with van der Waals surface area (Å²) in [7, 11) is 0. The molecule has 1 aromatic rings. The van der Waals surface area contributed by atoms with Crippen molar-refractivity contribution in [1.29, 1.82) is 0 Å². The maximum Gasteiger partial charge on any atom is 0.126 e. The Morgan fingerprint density at radius 1 is 1.57 bits per heavy atom. The van der Waals surface area contributed by atoms with Gasteiger partial charge in [0.2, 0.25) is 0 Å². The second-order valence-electron chi connectivity index (χ2n) is 3.16. The van der Waals surface area contributed by atoms with Crippen LogP contribution in [0.4, 0.5) is 4.39 Å². The number of benzene rings is 1. The van der Waals surface area contributed by atoms with E-state index in [1.807, 2.05) is 6.92 Å². The Morgan fingerprint density at radius 3 is 2.93 bits per heavy atom. The molecule has 1 rings (SSSR count). The first-order chi connectivity index (χ1) is 6.63. The number of halogens is 1. The fraction of sp³-hybridized carbons (Fsp3) is 0.400. The Morgan fingerprint density at radius 2 is 2.29 bits per heavy atom. The topological polar surface area (TPSA) is 55.5 Å². The minimum Gasteiger partial charge on any atom is -0.491 e. The number of nitrogens with two attached hydrogens (primary N) is 1. The number of rotatable bonds is 4. The number of aryl methyl sites for hydroxylation is 1. The van der Waals surface area contributed by atoms with Crippen molar-refractivity contribution in [3.8, 4) is 5.75 Å². The number of ether oxygens (including phenoxy) is 1. The normalized spacial score (nSPS) is 12.6. The standard InChI is InChI=1S/C10H14FNO2/c1-7-2-3-8(11)4-10(7)14-6-9(12)5-13/h2-4,9,13H,5-6,12H2,1H3. The lowest BCUT2D eigenvalue weighted by Crippen LogP contribution is -2.31. The lowest BCUT2D eigenvalue weighted by Gasteiger charge is -2.12. The lowest BCUT2D eigenvalue weighted by molar-refractivity contribution is 0.205. The highest BCUT2D eigenvalue weighted by molar-refractivity contribution is 5.32. The van der Waals surface area contributed by atoms with E-state index in [-0.39, 0.29) is 19.0 Å². The molecule has 0 saturated heterocycles. The van der Waals surface area contributed by atoms with Gasteiger partial charge in [0.1, 0.15) is 18.2 Å². The lowest BCUT2D eigenvalue weighted by atomic mass is 10.2. The molecule has 0 aliphatic carbocycles. The molecule has 0 bridgehead atoms. The number of aliphatic hydroxyl groups is 1. The molecule has 0 spiro atoms. The van der Waals surface area contributed by atoms with Crippen LogP contribution in [-0.2, 0) is 0 Å². The fourth-order valence-electron chi connectivity index (χ4n) is 0.979. The van der Waals surface area contributed by atoms with E-state index in [0.717, 1.165) is 5.56 Å². The molecule has 0 aromatic heterocycles. The van der Waals surface area contributed by atoms with Gasteiger partial charge in [-0.15, -0.1) is 0 Å². The molecule has 0 fully saturated rings. The summed E-state index contributed by atoms with van der Waals surface area (Å²) in [5.74, 6) is 0.122. The van der Waals surface area contributed by atoms with Crippen LogP contribution in [0, 0.1) is 12.7 Å². The maximum atomic E-state index is 12.8. The molecule has 0 amide bonds. The first kappa shape index (κ1) is 10.9. The Kier molecular flexibility index (Phi) is 3.85. The van der Waals surface area contributed by atoms with Crippen LogP contribution in [0.15, 0.2) is 18.2 Å². The summed E-state index contributed by atoms with van der Waals surface area (Å²) >= 11 is 0. The maximum absolute atomic E-state index is 12.8. The summed E-state index contributed by atoms with van der Waals surface area (Å²) in [6, 6.07) is 3.88. The molecule has 0 heterocycles. The molecular formula is C10H14FNO2. The van der Waals surface area contributed by atoms with E-state index in [1.54, 1.807) is 6.07 Å². The van der Waals surface area contributed by atoms with E-state index < -0.39 is 6.04 Å². The summed E-state index contributed by atoms with van der Waals surface area (Å²) in [5.41, 5.74) is 6.28. The van der Waals surface area contributed by atoms with Gasteiger partial charge in [0, 0.05) is 6.07 Å². The summed E-state index contributed by atoms with van der Waals surface area (Å²) < 4.78 is 18.0. The van der Waals surface area contributed by atoms with Gasteiger partial charge in [0.05, 0.1) is 12.6 Å². The van der Waals surface area contributed by atoms with Crippen LogP contribution >= 0.6 is 0 Å². The second-order valence-corrected chi connectivity index (χ2v) is 3.16. The minimum atomic E-state index is -0.433. The van der Waals surface area contributed by atoms with Gasteiger partial charge in [0.25, 0.3) is 0 Å². The first-order valence-electron chi connectivity index (χ1n) is 4.39. The Balaban J connectivity index is 2.62. The molecule has 0 aliphatic rings. The fourth-order valence-corrected chi connectivity index (χ4v) is 0.979. The van der Waals surface area contributed by atoms with E-state index in [9.17, 15) is 4.39 Å². The average Bonchev–Trinajstić information content (AvgIpc) is 2.19. The van der Waals surface area contributed by atoms with Gasteiger partial charge >= 0.3 is 0 Å². The van der Waals surface area contributed by atoms with Crippen LogP contribution in [0.1, 0.15) is 5.56 Å². The largest absolute Gasteiger partial charge is 0.491 e. The first-order valence-corrected chi connectivity index (χ1v) is 4.39. The molecule has 4 heteroatoms. The molecule has 14 heavy (non-hydrogen) atoms. The quantitative estimate of drug-likeness (QED) is 0.755. The van der Waals surface area contributed by atoms with Gasteiger partial charge in [-0.2, -0.15) is 0 Å². The number of hydrogen-bond donors (Lipinski definition) is 2. The highest BCUT2D eigenvalue weighted by Crippen LogP contribution is 2.18. The van der Waals surface area contributed by atoms with E-state index >= 15 is 0 Å². The van der Waals surface area contributed by atoms with Crippen molar-refractivity contribution < 1.29 is 14.2 Å². The van der Waals surface area contributed by atoms with Gasteiger partial charge in [-0.05, 0) is 18.6 Å². The zero-order chi connectivity index (χ0) is 10.6. The molecule has 78 valence electrons. The zero-order valence-electron chi connectivity index (χ0n) is 8.03. The zero-order valence-corrected chi connectivity index (χ0v) is 8.03. The molecule has 1 atom stereocenters. The van der Waals surface area contributed by atoms with Crippen molar-refractivity contribution in [3.63, 3.8) is 0 Å². The van der Waals surface area contributed by atoms with Crippen molar-refractivity contribution >= 4 is 0 Å². The third-order valence-corrected chi connectivity index (χ3v) is 1.84. The third kappa shape index (κ3) is 2.97. The Labute approximate surface area is 82.3 Å². The van der Waals surface area contributed by atoms with Crippen LogP contribution in [0.3, 0.4) is 0 Å². The van der Waals surface area contributed by atoms with E-state index in [1.165, 1.54) is 12.1 Å². The molecule has 0 aliphatic heterocycles. The van der Waals surface area contributed by atoms with Crippen LogP contribution in [0.2, 0.25) is 0 Å². The average molecular weight is 199 g/mol. The third-order valence-electron chi connectivity index (χ3n) is 1.84. The van der Waals surface area contributed by atoms with Gasteiger partial charge in [-0.1, -0.05) is 6.07 Å². The summed E-state index contributed by atoms with van der Waals surface area (Å²) in [5, 5.41) is 8.66. The molecular weight excluding hydrogens is 185 g/mol. The summed E-state index contributed by atoms with van der Waals surface area (Å²) in [6.07, 6.45) is 0. The van der Waals surface area contributed by atoms with Crippen molar-refractivity contribution in [2.75, 3.05) is 13.2 Å². The molecule has 0 radical (unpaired) electrons. The Hall–Kier alpha value is -1.13. The highest BCUT2D eigenvalue weighted by atomic mass is 19.1. The molecule has 3 nitrogen and oxygen atoms in total. The monoisotopic (exact) mass is 199 g/mol. The highest BCUT2D eigenvalue weighted by Gasteiger charge is 2.04. The van der Waals surface area contributed by atoms with E-state index in [2.05, 4.69) is 0 Å². The molecule has 3 N–H and O–H groups in total. The van der Waals surface area contributed by atoms with Crippen LogP contribution in [0.25, 0.3) is 0 Å². The van der Waals surface area contributed by atoms with Gasteiger partial charge in [-0.3, -0.25) is 0 Å². The summed E-state index contributed by atoms with van der Waals surface area (Å²) in [4.78, 5) is 0. The summed E-state index contributed by atoms with van der Waals surface area (Å²) in [6.45, 7) is 1.86. The minimum absolute atomic E-state index is 0.144.